The van der Waals surface area contributed by atoms with E-state index in [1.807, 2.05) is 42.7 Å². The van der Waals surface area contributed by atoms with Gasteiger partial charge in [-0.3, -0.25) is 23.7 Å². The van der Waals surface area contributed by atoms with Crippen molar-refractivity contribution in [2.24, 2.45) is 0 Å². The monoisotopic (exact) mass is 573 g/mol. The molecule has 6 heterocycles. The molecule has 6 bridgehead atoms. The number of nitrogens with zero attached hydrogens (tertiary/aromatic N) is 5. The van der Waals surface area contributed by atoms with Crippen LogP contribution in [0.15, 0.2) is 129 Å². The van der Waals surface area contributed by atoms with Crippen molar-refractivity contribution in [2.45, 2.75) is 0 Å². The van der Waals surface area contributed by atoms with Gasteiger partial charge in [0.25, 0.3) is 0 Å². The molecule has 194 valence electrons. The zero-order valence-electron chi connectivity index (χ0n) is 21.3. The van der Waals surface area contributed by atoms with Crippen molar-refractivity contribution in [3.8, 4) is 11.4 Å². The largest absolute Gasteiger partial charge is 0.293 e. The number of benzene rings is 1. The zero-order valence-corrected chi connectivity index (χ0v) is 23.8. The number of hydrogen-bond donors (Lipinski definition) is 0. The second-order valence-electron chi connectivity index (χ2n) is 8.91. The molecule has 6 aromatic heterocycles. The van der Waals surface area contributed by atoms with Gasteiger partial charge in [-0.15, -0.1) is 0 Å². The highest BCUT2D eigenvalue weighted by Gasteiger charge is 2.13. The summed E-state index contributed by atoms with van der Waals surface area (Å²) in [6.07, 6.45) is 9.36. The molecule has 5 nitrogen and oxygen atoms in total. The Kier molecular flexibility index (Phi) is 6.28. The van der Waals surface area contributed by atoms with Crippen molar-refractivity contribution < 1.29 is 0 Å². The van der Waals surface area contributed by atoms with Gasteiger partial charge < -0.3 is 0 Å². The normalized spacial score (nSPS) is 11.8. The summed E-state index contributed by atoms with van der Waals surface area (Å²) in [7, 11) is 0. The lowest BCUT2D eigenvalue weighted by Crippen LogP contribution is -1.97. The van der Waals surface area contributed by atoms with Crippen LogP contribution in [0.4, 0.5) is 0 Å². The Hall–Kier alpha value is -4.50. The first-order chi connectivity index (χ1) is 19.7. The minimum atomic E-state index is 0.859. The van der Waals surface area contributed by atoms with E-state index in [-0.39, 0.29) is 0 Å². The Morgan fingerprint density at radius 3 is 1.90 bits per heavy atom. The Labute approximate surface area is 242 Å². The third-order valence-corrected chi connectivity index (χ3v) is 9.71. The van der Waals surface area contributed by atoms with Crippen molar-refractivity contribution in [2.75, 3.05) is 0 Å². The molecule has 0 aliphatic carbocycles. The van der Waals surface area contributed by atoms with Crippen molar-refractivity contribution in [3.05, 3.63) is 129 Å². The van der Waals surface area contributed by atoms with Gasteiger partial charge in [-0.25, -0.2) is 0 Å². The van der Waals surface area contributed by atoms with E-state index in [0.29, 0.717) is 0 Å². The quantitative estimate of drug-likeness (QED) is 0.192. The van der Waals surface area contributed by atoms with Gasteiger partial charge in [0, 0.05) is 23.8 Å². The van der Waals surface area contributed by atoms with Crippen molar-refractivity contribution in [1.82, 2.24) is 23.7 Å². The Balaban J connectivity index is 1.71. The first-order valence-electron chi connectivity index (χ1n) is 12.6. The van der Waals surface area contributed by atoms with Crippen LogP contribution in [0.3, 0.4) is 0 Å². The van der Waals surface area contributed by atoms with Crippen LogP contribution in [-0.2, 0) is 0 Å². The summed E-state index contributed by atoms with van der Waals surface area (Å²) in [5, 5.41) is 0. The number of allylic oxidation sites excluding steroid dienone is 4. The average molecular weight is 574 g/mol. The van der Waals surface area contributed by atoms with E-state index in [0.717, 1.165) is 57.1 Å². The van der Waals surface area contributed by atoms with Crippen molar-refractivity contribution >= 4 is 79.7 Å². The minimum absolute atomic E-state index is 0.859. The third kappa shape index (κ3) is 4.14. The molecule has 0 aliphatic rings. The maximum Gasteiger partial charge on any atom is 0.113 e. The maximum absolute atomic E-state index is 4.74. The van der Waals surface area contributed by atoms with Crippen LogP contribution < -0.4 is 0 Å². The summed E-state index contributed by atoms with van der Waals surface area (Å²) in [6.45, 7) is 8.07. The maximum atomic E-state index is 4.74. The zero-order chi connectivity index (χ0) is 27.1. The summed E-state index contributed by atoms with van der Waals surface area (Å²) in [4.78, 5) is 15.9. The number of thiophene rings is 3. The SMILES string of the molecule is C=C/C=C(\C=C)n1c2ccc(s2)n(-c2ccccc2)c2ccc(s2)n(-c2ccnc3cccnc23)c2ccc1s2. The van der Waals surface area contributed by atoms with Gasteiger partial charge >= 0.3 is 0 Å². The number of fused-ring (bicyclic) bond motifs is 7. The van der Waals surface area contributed by atoms with Crippen molar-refractivity contribution in [1.29, 1.82) is 0 Å². The molecule has 8 heteroatoms. The lowest BCUT2D eigenvalue weighted by atomic mass is 10.3. The smallest absolute Gasteiger partial charge is 0.113 e. The summed E-state index contributed by atoms with van der Waals surface area (Å²) in [5.41, 5.74) is 4.77. The van der Waals surface area contributed by atoms with E-state index in [4.69, 9.17) is 4.98 Å². The predicted octanol–water partition coefficient (Wildman–Crippen LogP) is 9.56. The van der Waals surface area contributed by atoms with Gasteiger partial charge in [0.1, 0.15) is 34.5 Å². The van der Waals surface area contributed by atoms with Crippen LogP contribution in [0.5, 0.6) is 0 Å². The highest BCUT2D eigenvalue weighted by Crippen LogP contribution is 2.35. The molecule has 0 saturated carbocycles. The Morgan fingerprint density at radius 2 is 1.25 bits per heavy atom. The molecule has 1 aromatic carbocycles. The average Bonchev–Trinajstić information content (AvgIpc) is 3.77. The van der Waals surface area contributed by atoms with Gasteiger partial charge in [-0.2, -0.15) is 0 Å². The molecule has 0 unspecified atom stereocenters. The second-order valence-corrected chi connectivity index (χ2v) is 12.0. The van der Waals surface area contributed by atoms with Crippen LogP contribution in [0, 0.1) is 0 Å². The van der Waals surface area contributed by atoms with Crippen molar-refractivity contribution in [3.63, 3.8) is 0 Å². The lowest BCUT2D eigenvalue weighted by molar-refractivity contribution is 1.17. The molecule has 0 spiro atoms. The van der Waals surface area contributed by atoms with E-state index >= 15 is 0 Å². The standard InChI is InChI=1S/C32H23N5S3/c1-3-9-22(4-2)35-26-13-14-28(38-26)36(23-10-6-5-7-11-23)29-16-18-31(40-29)37(30-17-15-27(35)39-30)25-19-21-33-24-12-8-20-34-32(24)25/h3-21H,1-2H2/b22-9+. The van der Waals surface area contributed by atoms with E-state index in [1.54, 1.807) is 40.1 Å². The first-order valence-corrected chi connectivity index (χ1v) is 15.1. The number of pyridine rings is 2. The van der Waals surface area contributed by atoms with E-state index < -0.39 is 0 Å². The van der Waals surface area contributed by atoms with Gasteiger partial charge in [-0.1, -0.05) is 71.4 Å². The van der Waals surface area contributed by atoms with Gasteiger partial charge in [0.15, 0.2) is 0 Å². The van der Waals surface area contributed by atoms with Crippen LogP contribution in [0.25, 0.3) is 57.1 Å². The number of hydrogen-bond acceptors (Lipinski definition) is 5. The van der Waals surface area contributed by atoms with E-state index in [9.17, 15) is 0 Å². The van der Waals surface area contributed by atoms with E-state index in [1.165, 1.54) is 0 Å². The molecule has 0 fully saturated rings. The van der Waals surface area contributed by atoms with Crippen LogP contribution in [-0.4, -0.2) is 23.7 Å². The molecule has 7 rings (SSSR count). The molecule has 7 aromatic rings. The summed E-state index contributed by atoms with van der Waals surface area (Å²) in [6, 6.07) is 29.6. The Morgan fingerprint density at radius 1 is 0.625 bits per heavy atom. The molecule has 40 heavy (non-hydrogen) atoms. The first kappa shape index (κ1) is 24.5. The van der Waals surface area contributed by atoms with Gasteiger partial charge in [-0.05, 0) is 78.9 Å². The van der Waals surface area contributed by atoms with Crippen LogP contribution in [0.2, 0.25) is 0 Å². The molecule has 0 radical (unpaired) electrons. The highest BCUT2D eigenvalue weighted by molar-refractivity contribution is 7.25. The number of para-hydroxylation sites is 1. The summed E-state index contributed by atoms with van der Waals surface area (Å²) in [5.74, 6) is 0. The van der Waals surface area contributed by atoms with Gasteiger partial charge in [0.05, 0.1) is 11.2 Å². The number of rotatable bonds is 5. The van der Waals surface area contributed by atoms with Crippen LogP contribution >= 0.6 is 34.0 Å². The second kappa shape index (κ2) is 10.2. The predicted molar refractivity (Wildman–Crippen MR) is 173 cm³/mol. The van der Waals surface area contributed by atoms with Gasteiger partial charge in [0.2, 0.25) is 0 Å². The van der Waals surface area contributed by atoms with E-state index in [2.05, 4.69) is 98.6 Å². The fraction of sp³-hybridized carbons (Fsp3) is 0. The lowest BCUT2D eigenvalue weighted by Gasteiger charge is -2.11. The molecule has 0 saturated heterocycles. The fourth-order valence-corrected chi connectivity index (χ4v) is 8.21. The molecule has 0 N–H and O–H groups in total. The minimum Gasteiger partial charge on any atom is -0.293 e. The Bertz CT molecular complexity index is 2160. The molecule has 0 aliphatic heterocycles. The number of aromatic nitrogens is 5. The van der Waals surface area contributed by atoms with Crippen LogP contribution in [0.1, 0.15) is 0 Å². The molecule has 0 atom stereocenters. The fourth-order valence-electron chi connectivity index (χ4n) is 4.82. The molecular formula is C32H23N5S3. The summed E-state index contributed by atoms with van der Waals surface area (Å²) >= 11 is 5.22. The highest BCUT2D eigenvalue weighted by atomic mass is 32.1. The molecular weight excluding hydrogens is 551 g/mol. The third-order valence-electron chi connectivity index (χ3n) is 6.54. The topological polar surface area (TPSA) is 40.6 Å². The summed E-state index contributed by atoms with van der Waals surface area (Å²) < 4.78 is 6.87. The molecule has 0 amide bonds.